The smallest absolute Gasteiger partial charge is 0.309 e. The van der Waals surface area contributed by atoms with E-state index >= 15 is 0 Å². The predicted molar refractivity (Wildman–Crippen MR) is 256 cm³/mol. The zero-order chi connectivity index (χ0) is 49.9. The molecule has 0 aromatic heterocycles. The molecule has 4 N–H and O–H groups in total. The van der Waals surface area contributed by atoms with E-state index in [1.165, 1.54) is 6.42 Å². The lowest BCUT2D eigenvalue weighted by molar-refractivity contribution is -0.152. The topological polar surface area (TPSA) is 166 Å². The van der Waals surface area contributed by atoms with E-state index < -0.39 is 34.7 Å². The van der Waals surface area contributed by atoms with Gasteiger partial charge in [0.25, 0.3) is 0 Å². The van der Waals surface area contributed by atoms with Gasteiger partial charge >= 0.3 is 23.9 Å². The van der Waals surface area contributed by atoms with E-state index in [4.69, 9.17) is 10.2 Å². The second-order valence-electron chi connectivity index (χ2n) is 26.4. The summed E-state index contributed by atoms with van der Waals surface area (Å²) in [4.78, 5) is 55.4. The summed E-state index contributed by atoms with van der Waals surface area (Å²) in [6.45, 7) is 45.6. The standard InChI is InChI=1S/2C11H20O2.C11H22O2.C10H18O2.C10H20O/c1-10(2,3)8-11(9(12)13)6-4-5-7-11;1-11(2,3)9-7-5-4-6-8(9)10(12)13;1-6-11(7-2,9(12)13)8-10(3,4)5;1-9(2,3)7-6(8(11)12)10(7,4)5;1-8(11)10(5,6)7-9(2,3)4/h4-8H2,1-3H3,(H,12,13);8-9H,4-7H2,1-3H3,(H,12,13);6-8H2,1-5H3,(H,12,13);6-7H,1-5H3,(H,11,12);7H2,1-6H3. The largest absolute Gasteiger partial charge is 0.481 e. The van der Waals surface area contributed by atoms with Gasteiger partial charge in [-0.2, -0.15) is 0 Å². The molecule has 0 heterocycles. The van der Waals surface area contributed by atoms with Crippen LogP contribution in [-0.2, 0) is 24.0 Å². The number of carbonyl (C=O) groups excluding carboxylic acids is 1. The maximum Gasteiger partial charge on any atom is 0.309 e. The second kappa shape index (κ2) is 23.1. The first-order valence-corrected chi connectivity index (χ1v) is 23.8. The Kier molecular flexibility index (Phi) is 23.0. The number of aliphatic carboxylic acids is 4. The number of carboxylic acid groups (broad SMARTS) is 4. The first-order chi connectivity index (χ1) is 27.4. The van der Waals surface area contributed by atoms with Crippen LogP contribution in [0.1, 0.15) is 236 Å². The first-order valence-electron chi connectivity index (χ1n) is 23.8. The summed E-state index contributed by atoms with van der Waals surface area (Å²) in [6, 6.07) is 0. The van der Waals surface area contributed by atoms with Gasteiger partial charge in [-0.25, -0.2) is 0 Å². The normalized spacial score (nSPS) is 22.4. The molecule has 0 amide bonds. The quantitative estimate of drug-likeness (QED) is 0.167. The van der Waals surface area contributed by atoms with Crippen LogP contribution in [0.3, 0.4) is 0 Å². The molecule has 0 aromatic rings. The molecule has 4 atom stereocenters. The Hall–Kier alpha value is -2.45. The third kappa shape index (κ3) is 21.0. The highest BCUT2D eigenvalue weighted by Crippen LogP contribution is 2.65. The number of rotatable bonds is 10. The summed E-state index contributed by atoms with van der Waals surface area (Å²) < 4.78 is 0. The predicted octanol–water partition coefficient (Wildman–Crippen LogP) is 14.7. The molecule has 3 saturated carbocycles. The molecule has 9 nitrogen and oxygen atoms in total. The Labute approximate surface area is 381 Å². The van der Waals surface area contributed by atoms with Gasteiger partial charge in [0.05, 0.1) is 22.7 Å². The molecule has 0 aromatic carbocycles. The number of hydrogen-bond acceptors (Lipinski definition) is 5. The summed E-state index contributed by atoms with van der Waals surface area (Å²) in [5.41, 5.74) is -0.364. The molecule has 0 bridgehead atoms. The van der Waals surface area contributed by atoms with Gasteiger partial charge < -0.3 is 20.4 Å². The summed E-state index contributed by atoms with van der Waals surface area (Å²) >= 11 is 0. The van der Waals surface area contributed by atoms with E-state index in [1.54, 1.807) is 6.92 Å². The molecule has 4 unspecified atom stereocenters. The van der Waals surface area contributed by atoms with Gasteiger partial charge in [0, 0.05) is 5.41 Å². The average Bonchev–Trinajstić information content (AvgIpc) is 3.38. The van der Waals surface area contributed by atoms with E-state index in [-0.39, 0.29) is 55.5 Å². The molecule has 3 aliphatic carbocycles. The van der Waals surface area contributed by atoms with Crippen LogP contribution >= 0.6 is 0 Å². The van der Waals surface area contributed by atoms with Crippen LogP contribution in [0.15, 0.2) is 0 Å². The van der Waals surface area contributed by atoms with Crippen molar-refractivity contribution in [2.45, 2.75) is 236 Å². The summed E-state index contributed by atoms with van der Waals surface area (Å²) in [5, 5.41) is 36.4. The summed E-state index contributed by atoms with van der Waals surface area (Å²) in [6.07, 6.45) is 12.1. The number of Topliss-reactive ketones (excluding diaryl/α,β-unsaturated/α-hetero) is 1. The molecule has 9 heteroatoms. The molecule has 0 spiro atoms. The third-order valence-corrected chi connectivity index (χ3v) is 13.7. The highest BCUT2D eigenvalue weighted by molar-refractivity contribution is 5.81. The maximum atomic E-state index is 11.2. The minimum atomic E-state index is -0.646. The Balaban J connectivity index is 0. The molecule has 366 valence electrons. The van der Waals surface area contributed by atoms with Gasteiger partial charge in [0.15, 0.2) is 0 Å². The van der Waals surface area contributed by atoms with E-state index in [2.05, 4.69) is 104 Å². The molecule has 3 rings (SSSR count). The molecular weight excluding hydrogens is 781 g/mol. The van der Waals surface area contributed by atoms with Crippen molar-refractivity contribution >= 4 is 29.7 Å². The highest BCUT2D eigenvalue weighted by atomic mass is 16.4. The fourth-order valence-corrected chi connectivity index (χ4v) is 11.1. The summed E-state index contributed by atoms with van der Waals surface area (Å²) in [5.74, 6) is -1.74. The van der Waals surface area contributed by atoms with Crippen molar-refractivity contribution in [2.75, 3.05) is 0 Å². The minimum absolute atomic E-state index is 0.00984. The Morgan fingerprint density at radius 2 is 0.984 bits per heavy atom. The lowest BCUT2D eigenvalue weighted by Crippen LogP contribution is -2.35. The molecule has 62 heavy (non-hydrogen) atoms. The monoisotopic (exact) mass is 881 g/mol. The lowest BCUT2D eigenvalue weighted by atomic mass is 9.66. The number of carbonyl (C=O) groups is 5. The van der Waals surface area contributed by atoms with Crippen LogP contribution in [0.25, 0.3) is 0 Å². The van der Waals surface area contributed by atoms with Crippen LogP contribution in [0.5, 0.6) is 0 Å². The van der Waals surface area contributed by atoms with Crippen molar-refractivity contribution in [3.05, 3.63) is 0 Å². The fraction of sp³-hybridized carbons (Fsp3) is 0.906. The molecular formula is C53H100O9. The van der Waals surface area contributed by atoms with E-state index in [9.17, 15) is 34.2 Å². The van der Waals surface area contributed by atoms with Crippen molar-refractivity contribution in [3.63, 3.8) is 0 Å². The van der Waals surface area contributed by atoms with Crippen LogP contribution in [0.4, 0.5) is 0 Å². The minimum Gasteiger partial charge on any atom is -0.481 e. The van der Waals surface area contributed by atoms with Crippen LogP contribution < -0.4 is 0 Å². The highest BCUT2D eigenvalue weighted by Gasteiger charge is 2.66. The number of ketones is 1. The zero-order valence-electron chi connectivity index (χ0n) is 44.3. The molecule has 0 saturated heterocycles. The van der Waals surface area contributed by atoms with Crippen molar-refractivity contribution in [1.29, 1.82) is 0 Å². The van der Waals surface area contributed by atoms with Gasteiger partial charge in [-0.1, -0.05) is 171 Å². The van der Waals surface area contributed by atoms with E-state index in [1.807, 2.05) is 41.5 Å². The van der Waals surface area contributed by atoms with Crippen LogP contribution in [-0.4, -0.2) is 50.1 Å². The van der Waals surface area contributed by atoms with Crippen molar-refractivity contribution < 1.29 is 44.4 Å². The van der Waals surface area contributed by atoms with Gasteiger partial charge in [-0.15, -0.1) is 0 Å². The van der Waals surface area contributed by atoms with Gasteiger partial charge in [0.1, 0.15) is 5.78 Å². The number of hydrogen-bond donors (Lipinski definition) is 4. The third-order valence-electron chi connectivity index (χ3n) is 13.7. The maximum absolute atomic E-state index is 11.2. The van der Waals surface area contributed by atoms with Crippen molar-refractivity contribution in [1.82, 2.24) is 0 Å². The number of carboxylic acids is 4. The molecule has 3 aliphatic rings. The summed E-state index contributed by atoms with van der Waals surface area (Å²) in [7, 11) is 0. The van der Waals surface area contributed by atoms with E-state index in [0.29, 0.717) is 11.8 Å². The Morgan fingerprint density at radius 1 is 0.565 bits per heavy atom. The van der Waals surface area contributed by atoms with Crippen LogP contribution in [0, 0.1) is 72.4 Å². The molecule has 0 aliphatic heterocycles. The average molecular weight is 881 g/mol. The fourth-order valence-electron chi connectivity index (χ4n) is 11.1. The van der Waals surface area contributed by atoms with Gasteiger partial charge in [-0.05, 0) is 109 Å². The SMILES string of the molecule is CC(=O)C(C)(C)CC(C)(C)C.CC(C)(C)C1C(C(=O)O)C1(C)C.CC(C)(C)C1CCCCC1C(=O)O.CC(C)(C)CC1(C(=O)O)CCCC1.CCC(CC)(CC(C)(C)C)C(=O)O. The zero-order valence-corrected chi connectivity index (χ0v) is 44.3. The second-order valence-corrected chi connectivity index (χ2v) is 26.4. The van der Waals surface area contributed by atoms with Gasteiger partial charge in [-0.3, -0.25) is 24.0 Å². The Bertz CT molecular complexity index is 1390. The van der Waals surface area contributed by atoms with Crippen LogP contribution in [0.2, 0.25) is 0 Å². The van der Waals surface area contributed by atoms with Crippen molar-refractivity contribution in [2.24, 2.45) is 72.4 Å². The Morgan fingerprint density at radius 3 is 1.18 bits per heavy atom. The van der Waals surface area contributed by atoms with E-state index in [0.717, 1.165) is 77.0 Å². The molecule has 0 radical (unpaired) electrons. The molecule has 3 fully saturated rings. The van der Waals surface area contributed by atoms with Gasteiger partial charge in [0.2, 0.25) is 0 Å². The van der Waals surface area contributed by atoms with Crippen molar-refractivity contribution in [3.8, 4) is 0 Å². The lowest BCUT2D eigenvalue weighted by Gasteiger charge is -2.38. The first kappa shape index (κ1) is 61.6.